The predicted octanol–water partition coefficient (Wildman–Crippen LogP) is 3.34. The molecule has 0 fully saturated rings. The van der Waals surface area contributed by atoms with Crippen LogP contribution in [-0.2, 0) is 28.6 Å². The van der Waals surface area contributed by atoms with Gasteiger partial charge < -0.3 is 10.4 Å². The third kappa shape index (κ3) is 5.50. The number of carboxylic acid groups (broad SMARTS) is 1. The van der Waals surface area contributed by atoms with E-state index in [1.807, 2.05) is 0 Å². The Balaban J connectivity index is 2.07. The van der Waals surface area contributed by atoms with E-state index in [4.69, 9.17) is 0 Å². The average Bonchev–Trinajstić information content (AvgIpc) is 2.57. The number of benzene rings is 2. The molecule has 9 heteroatoms. The lowest BCUT2D eigenvalue weighted by Crippen LogP contribution is -2.43. The highest BCUT2D eigenvalue weighted by molar-refractivity contribution is 5.85. The maximum atomic E-state index is 13.6. The van der Waals surface area contributed by atoms with Crippen molar-refractivity contribution in [1.82, 2.24) is 5.32 Å². The Morgan fingerprint density at radius 2 is 1.56 bits per heavy atom. The molecule has 0 aromatic heterocycles. The molecule has 2 aromatic rings. The van der Waals surface area contributed by atoms with Gasteiger partial charge in [0.25, 0.3) is 0 Å². The van der Waals surface area contributed by atoms with Gasteiger partial charge in [-0.15, -0.1) is 0 Å². The first kappa shape index (κ1) is 20.3. The molecular formula is C18H14F5NO3. The summed E-state index contributed by atoms with van der Waals surface area (Å²) in [6.45, 7) is 0. The highest BCUT2D eigenvalue weighted by atomic mass is 19.4. The summed E-state index contributed by atoms with van der Waals surface area (Å²) in [5.74, 6) is -4.25. The molecule has 0 radical (unpaired) electrons. The van der Waals surface area contributed by atoms with Gasteiger partial charge in [0.1, 0.15) is 17.7 Å². The van der Waals surface area contributed by atoms with Gasteiger partial charge in [-0.3, -0.25) is 4.79 Å². The van der Waals surface area contributed by atoms with E-state index < -0.39 is 53.3 Å². The highest BCUT2D eigenvalue weighted by Crippen LogP contribution is 2.29. The van der Waals surface area contributed by atoms with E-state index in [0.29, 0.717) is 0 Å². The Morgan fingerprint density at radius 1 is 1.00 bits per heavy atom. The normalized spacial score (nSPS) is 12.5. The molecule has 0 aliphatic heterocycles. The van der Waals surface area contributed by atoms with Crippen LogP contribution in [0.25, 0.3) is 0 Å². The Morgan fingerprint density at radius 3 is 2.04 bits per heavy atom. The van der Waals surface area contributed by atoms with Gasteiger partial charge in [0.05, 0.1) is 12.0 Å². The SMILES string of the molecule is O=C(Cc1c(F)cccc1F)N[C@H](Cc1ccc(C(F)(F)F)cc1)C(=O)O. The Kier molecular flexibility index (Phi) is 6.14. The van der Waals surface area contributed by atoms with Gasteiger partial charge in [-0.1, -0.05) is 18.2 Å². The van der Waals surface area contributed by atoms with Crippen LogP contribution >= 0.6 is 0 Å². The van der Waals surface area contributed by atoms with Crippen molar-refractivity contribution in [3.8, 4) is 0 Å². The van der Waals surface area contributed by atoms with Crippen molar-refractivity contribution in [2.24, 2.45) is 0 Å². The van der Waals surface area contributed by atoms with Crippen LogP contribution in [0.15, 0.2) is 42.5 Å². The lowest BCUT2D eigenvalue weighted by atomic mass is 10.0. The van der Waals surface area contributed by atoms with E-state index in [2.05, 4.69) is 5.32 Å². The van der Waals surface area contributed by atoms with Crippen LogP contribution in [0.5, 0.6) is 0 Å². The van der Waals surface area contributed by atoms with Crippen LogP contribution in [0.1, 0.15) is 16.7 Å². The zero-order valence-electron chi connectivity index (χ0n) is 13.7. The molecule has 2 N–H and O–H groups in total. The lowest BCUT2D eigenvalue weighted by Gasteiger charge is -2.15. The number of amides is 1. The van der Waals surface area contributed by atoms with Crippen LogP contribution in [-0.4, -0.2) is 23.0 Å². The number of carbonyl (C=O) groups is 2. The quantitative estimate of drug-likeness (QED) is 0.748. The standard InChI is InChI=1S/C18H14F5NO3/c19-13-2-1-3-14(20)12(13)9-16(25)24-15(17(26)27)8-10-4-6-11(7-5-10)18(21,22)23/h1-7,15H,8-9H2,(H,24,25)(H,26,27)/t15-/m1/s1. The number of hydrogen-bond acceptors (Lipinski definition) is 2. The predicted molar refractivity (Wildman–Crippen MR) is 84.8 cm³/mol. The van der Waals surface area contributed by atoms with Gasteiger partial charge in [-0.2, -0.15) is 13.2 Å². The molecule has 1 atom stereocenters. The molecular weight excluding hydrogens is 373 g/mol. The summed E-state index contributed by atoms with van der Waals surface area (Å²) in [4.78, 5) is 23.3. The minimum atomic E-state index is -4.53. The second-order valence-electron chi connectivity index (χ2n) is 5.73. The van der Waals surface area contributed by atoms with Crippen LogP contribution in [0.2, 0.25) is 0 Å². The number of aliphatic carboxylic acids is 1. The van der Waals surface area contributed by atoms with E-state index in [1.165, 1.54) is 0 Å². The number of hydrogen-bond donors (Lipinski definition) is 2. The second-order valence-corrected chi connectivity index (χ2v) is 5.73. The zero-order valence-corrected chi connectivity index (χ0v) is 13.7. The van der Waals surface area contributed by atoms with Crippen molar-refractivity contribution < 1.29 is 36.6 Å². The van der Waals surface area contributed by atoms with E-state index in [-0.39, 0.29) is 12.0 Å². The van der Waals surface area contributed by atoms with Crippen molar-refractivity contribution in [3.63, 3.8) is 0 Å². The Labute approximate surface area is 150 Å². The molecule has 0 heterocycles. The number of rotatable bonds is 6. The first-order valence-corrected chi connectivity index (χ1v) is 7.69. The van der Waals surface area contributed by atoms with E-state index >= 15 is 0 Å². The summed E-state index contributed by atoms with van der Waals surface area (Å²) in [6.07, 6.45) is -5.53. The molecule has 0 aliphatic rings. The molecule has 0 saturated carbocycles. The lowest BCUT2D eigenvalue weighted by molar-refractivity contribution is -0.141. The monoisotopic (exact) mass is 387 g/mol. The highest BCUT2D eigenvalue weighted by Gasteiger charge is 2.30. The van der Waals surface area contributed by atoms with Crippen LogP contribution < -0.4 is 5.32 Å². The first-order valence-electron chi connectivity index (χ1n) is 7.69. The van der Waals surface area contributed by atoms with Gasteiger partial charge in [0.15, 0.2) is 0 Å². The fourth-order valence-electron chi connectivity index (χ4n) is 2.37. The van der Waals surface area contributed by atoms with Gasteiger partial charge in [0.2, 0.25) is 5.91 Å². The largest absolute Gasteiger partial charge is 0.480 e. The molecule has 2 rings (SSSR count). The summed E-state index contributed by atoms with van der Waals surface area (Å²) in [5, 5.41) is 11.3. The fraction of sp³-hybridized carbons (Fsp3) is 0.222. The third-order valence-electron chi connectivity index (χ3n) is 3.75. The average molecular weight is 387 g/mol. The van der Waals surface area contributed by atoms with E-state index in [9.17, 15) is 36.6 Å². The summed E-state index contributed by atoms with van der Waals surface area (Å²) in [5.41, 5.74) is -1.15. The summed E-state index contributed by atoms with van der Waals surface area (Å²) < 4.78 is 64.7. The summed E-state index contributed by atoms with van der Waals surface area (Å²) >= 11 is 0. The summed E-state index contributed by atoms with van der Waals surface area (Å²) in [7, 11) is 0. The topological polar surface area (TPSA) is 66.4 Å². The molecule has 27 heavy (non-hydrogen) atoms. The zero-order chi connectivity index (χ0) is 20.2. The summed E-state index contributed by atoms with van der Waals surface area (Å²) in [6, 6.07) is 5.37. The number of carbonyl (C=O) groups excluding carboxylic acids is 1. The number of nitrogens with one attached hydrogen (secondary N) is 1. The third-order valence-corrected chi connectivity index (χ3v) is 3.75. The number of halogens is 5. The Hall–Kier alpha value is -2.97. The maximum Gasteiger partial charge on any atom is 0.416 e. The van der Waals surface area contributed by atoms with Crippen LogP contribution in [0.3, 0.4) is 0 Å². The van der Waals surface area contributed by atoms with Gasteiger partial charge >= 0.3 is 12.1 Å². The van der Waals surface area contributed by atoms with Crippen molar-refractivity contribution in [2.45, 2.75) is 25.1 Å². The second kappa shape index (κ2) is 8.15. The van der Waals surface area contributed by atoms with Crippen LogP contribution in [0.4, 0.5) is 22.0 Å². The van der Waals surface area contributed by atoms with E-state index in [1.54, 1.807) is 0 Å². The van der Waals surface area contributed by atoms with Crippen molar-refractivity contribution >= 4 is 11.9 Å². The van der Waals surface area contributed by atoms with Gasteiger partial charge in [-0.25, -0.2) is 13.6 Å². The van der Waals surface area contributed by atoms with E-state index in [0.717, 1.165) is 42.5 Å². The Bertz CT molecular complexity index is 814. The molecule has 0 bridgehead atoms. The molecule has 2 aromatic carbocycles. The molecule has 0 unspecified atom stereocenters. The number of carboxylic acids is 1. The van der Waals surface area contributed by atoms with Crippen molar-refractivity contribution in [2.75, 3.05) is 0 Å². The maximum absolute atomic E-state index is 13.6. The van der Waals surface area contributed by atoms with Crippen molar-refractivity contribution in [1.29, 1.82) is 0 Å². The van der Waals surface area contributed by atoms with Crippen LogP contribution in [0, 0.1) is 11.6 Å². The minimum absolute atomic E-state index is 0.243. The molecule has 144 valence electrons. The molecule has 1 amide bonds. The van der Waals surface area contributed by atoms with Gasteiger partial charge in [0, 0.05) is 12.0 Å². The fourth-order valence-corrected chi connectivity index (χ4v) is 2.37. The number of alkyl halides is 3. The van der Waals surface area contributed by atoms with Crippen molar-refractivity contribution in [3.05, 3.63) is 70.8 Å². The first-order chi connectivity index (χ1) is 12.6. The molecule has 0 aliphatic carbocycles. The molecule has 0 saturated heterocycles. The van der Waals surface area contributed by atoms with Gasteiger partial charge in [-0.05, 0) is 29.8 Å². The molecule has 0 spiro atoms. The minimum Gasteiger partial charge on any atom is -0.480 e. The molecule has 4 nitrogen and oxygen atoms in total. The smallest absolute Gasteiger partial charge is 0.416 e.